The lowest BCUT2D eigenvalue weighted by Crippen LogP contribution is -2.38. The maximum atomic E-state index is 12.8. The van der Waals surface area contributed by atoms with Gasteiger partial charge in [0.2, 0.25) is 0 Å². The SMILES string of the molecule is COc1ccc(N2CCC(Oc3ccc(OC(C)(F)F)cc3)CC2)cc1. The number of alkyl halides is 2. The standard InChI is InChI=1S/C20H23F2NO3/c1-20(21,22)26-19-9-7-17(8-10-19)25-18-11-13-23(14-12-18)15-3-5-16(24-2)6-4-15/h3-10,18H,11-14H2,1-2H3. The van der Waals surface area contributed by atoms with Gasteiger partial charge in [0.25, 0.3) is 0 Å². The molecule has 2 aromatic carbocycles. The largest absolute Gasteiger partial charge is 0.497 e. The average molecular weight is 363 g/mol. The normalized spacial score (nSPS) is 15.6. The molecule has 0 spiro atoms. The summed E-state index contributed by atoms with van der Waals surface area (Å²) in [5.74, 6) is 1.64. The van der Waals surface area contributed by atoms with E-state index in [1.807, 2.05) is 12.1 Å². The summed E-state index contributed by atoms with van der Waals surface area (Å²) in [5.41, 5.74) is 1.17. The third kappa shape index (κ3) is 5.00. The van der Waals surface area contributed by atoms with Crippen molar-refractivity contribution >= 4 is 5.69 Å². The molecule has 140 valence electrons. The molecule has 0 unspecified atom stereocenters. The van der Waals surface area contributed by atoms with Gasteiger partial charge in [-0.25, -0.2) is 0 Å². The molecule has 4 nitrogen and oxygen atoms in total. The second-order valence-electron chi connectivity index (χ2n) is 6.38. The number of piperidine rings is 1. The van der Waals surface area contributed by atoms with Crippen molar-refractivity contribution in [2.24, 2.45) is 0 Å². The molecule has 0 saturated carbocycles. The van der Waals surface area contributed by atoms with E-state index in [1.54, 1.807) is 19.2 Å². The Kier molecular flexibility index (Phi) is 5.49. The minimum absolute atomic E-state index is 0.115. The molecule has 0 amide bonds. The summed E-state index contributed by atoms with van der Waals surface area (Å²) in [4.78, 5) is 2.32. The summed E-state index contributed by atoms with van der Waals surface area (Å²) in [5, 5.41) is 0. The molecular weight excluding hydrogens is 340 g/mol. The van der Waals surface area contributed by atoms with Gasteiger partial charge in [-0.2, -0.15) is 8.78 Å². The summed E-state index contributed by atoms with van der Waals surface area (Å²) in [7, 11) is 1.66. The monoisotopic (exact) mass is 363 g/mol. The van der Waals surface area contributed by atoms with E-state index in [0.29, 0.717) is 12.7 Å². The Morgan fingerprint density at radius 3 is 1.96 bits per heavy atom. The minimum atomic E-state index is -3.18. The van der Waals surface area contributed by atoms with Crippen molar-refractivity contribution in [2.45, 2.75) is 32.0 Å². The average Bonchev–Trinajstić information content (AvgIpc) is 2.63. The van der Waals surface area contributed by atoms with Gasteiger partial charge in [0.15, 0.2) is 0 Å². The van der Waals surface area contributed by atoms with Crippen molar-refractivity contribution in [3.63, 3.8) is 0 Å². The summed E-state index contributed by atoms with van der Waals surface area (Å²) >= 11 is 0. The summed E-state index contributed by atoms with van der Waals surface area (Å²) in [6.07, 6.45) is -1.27. The van der Waals surface area contributed by atoms with Gasteiger partial charge >= 0.3 is 6.11 Å². The number of hydrogen-bond donors (Lipinski definition) is 0. The highest BCUT2D eigenvalue weighted by Crippen LogP contribution is 2.27. The van der Waals surface area contributed by atoms with Crippen LogP contribution >= 0.6 is 0 Å². The van der Waals surface area contributed by atoms with E-state index < -0.39 is 6.11 Å². The molecule has 26 heavy (non-hydrogen) atoms. The van der Waals surface area contributed by atoms with Crippen LogP contribution in [0.2, 0.25) is 0 Å². The van der Waals surface area contributed by atoms with Gasteiger partial charge in [0.1, 0.15) is 23.4 Å². The first-order valence-electron chi connectivity index (χ1n) is 8.65. The van der Waals surface area contributed by atoms with Crippen LogP contribution in [0.3, 0.4) is 0 Å². The lowest BCUT2D eigenvalue weighted by Gasteiger charge is -2.33. The molecule has 0 aromatic heterocycles. The van der Waals surface area contributed by atoms with Crippen molar-refractivity contribution in [3.8, 4) is 17.2 Å². The first kappa shape index (κ1) is 18.3. The fraction of sp³-hybridized carbons (Fsp3) is 0.400. The summed E-state index contributed by atoms with van der Waals surface area (Å²) in [6, 6.07) is 14.4. The van der Waals surface area contributed by atoms with Crippen molar-refractivity contribution in [2.75, 3.05) is 25.1 Å². The maximum Gasteiger partial charge on any atom is 0.394 e. The molecule has 2 aromatic rings. The highest BCUT2D eigenvalue weighted by Gasteiger charge is 2.23. The number of benzene rings is 2. The summed E-state index contributed by atoms with van der Waals surface area (Å²) in [6.45, 7) is 2.52. The Hall–Kier alpha value is -2.50. The fourth-order valence-electron chi connectivity index (χ4n) is 3.01. The van der Waals surface area contributed by atoms with Gasteiger partial charge < -0.3 is 19.1 Å². The predicted octanol–water partition coefficient (Wildman–Crippen LogP) is 4.73. The lowest BCUT2D eigenvalue weighted by atomic mass is 10.1. The number of anilines is 1. The number of methoxy groups -OCH3 is 1. The van der Waals surface area contributed by atoms with Crippen molar-refractivity contribution < 1.29 is 23.0 Å². The van der Waals surface area contributed by atoms with Crippen LogP contribution in [0.1, 0.15) is 19.8 Å². The molecule has 6 heteroatoms. The summed E-state index contributed by atoms with van der Waals surface area (Å²) < 4.78 is 41.3. The Morgan fingerprint density at radius 2 is 1.42 bits per heavy atom. The molecule has 0 N–H and O–H groups in total. The molecule has 1 aliphatic heterocycles. The number of halogens is 2. The number of ether oxygens (including phenoxy) is 3. The maximum absolute atomic E-state index is 12.8. The van der Waals surface area contributed by atoms with E-state index in [1.165, 1.54) is 17.8 Å². The van der Waals surface area contributed by atoms with Crippen molar-refractivity contribution in [1.82, 2.24) is 0 Å². The van der Waals surface area contributed by atoms with E-state index in [0.717, 1.165) is 31.7 Å². The lowest BCUT2D eigenvalue weighted by molar-refractivity contribution is -0.158. The third-order valence-corrected chi connectivity index (χ3v) is 4.30. The fourth-order valence-corrected chi connectivity index (χ4v) is 3.01. The molecular formula is C20H23F2NO3. The molecule has 1 aliphatic rings. The Labute approximate surface area is 152 Å². The number of nitrogens with zero attached hydrogens (tertiary/aromatic N) is 1. The van der Waals surface area contributed by atoms with E-state index in [4.69, 9.17) is 9.47 Å². The van der Waals surface area contributed by atoms with Crippen LogP contribution in [-0.2, 0) is 0 Å². The Morgan fingerprint density at radius 1 is 0.885 bits per heavy atom. The minimum Gasteiger partial charge on any atom is -0.497 e. The molecule has 1 fully saturated rings. The predicted molar refractivity (Wildman–Crippen MR) is 96.5 cm³/mol. The zero-order valence-corrected chi connectivity index (χ0v) is 15.0. The highest BCUT2D eigenvalue weighted by atomic mass is 19.3. The van der Waals surface area contributed by atoms with E-state index in [2.05, 4.69) is 21.8 Å². The van der Waals surface area contributed by atoms with E-state index in [-0.39, 0.29) is 11.9 Å². The van der Waals surface area contributed by atoms with Gasteiger partial charge in [-0.1, -0.05) is 0 Å². The molecule has 1 heterocycles. The van der Waals surface area contributed by atoms with Crippen LogP contribution in [-0.4, -0.2) is 32.4 Å². The zero-order chi connectivity index (χ0) is 18.6. The topological polar surface area (TPSA) is 30.9 Å². The first-order chi connectivity index (χ1) is 12.4. The Bertz CT molecular complexity index is 690. The quantitative estimate of drug-likeness (QED) is 0.742. The van der Waals surface area contributed by atoms with Crippen molar-refractivity contribution in [3.05, 3.63) is 48.5 Å². The molecule has 0 bridgehead atoms. The first-order valence-corrected chi connectivity index (χ1v) is 8.65. The molecule has 3 rings (SSSR count). The van der Waals surface area contributed by atoms with Crippen LogP contribution < -0.4 is 19.1 Å². The molecule has 1 saturated heterocycles. The molecule has 0 aliphatic carbocycles. The Balaban J connectivity index is 1.50. The van der Waals surface area contributed by atoms with Crippen LogP contribution in [0.25, 0.3) is 0 Å². The van der Waals surface area contributed by atoms with Gasteiger partial charge in [-0.15, -0.1) is 0 Å². The van der Waals surface area contributed by atoms with Crippen LogP contribution in [0.4, 0.5) is 14.5 Å². The number of hydrogen-bond acceptors (Lipinski definition) is 4. The third-order valence-electron chi connectivity index (χ3n) is 4.30. The highest BCUT2D eigenvalue weighted by molar-refractivity contribution is 5.49. The van der Waals surface area contributed by atoms with Crippen LogP contribution in [0, 0.1) is 0 Å². The van der Waals surface area contributed by atoms with Gasteiger partial charge in [0, 0.05) is 38.5 Å². The zero-order valence-electron chi connectivity index (χ0n) is 15.0. The van der Waals surface area contributed by atoms with Crippen LogP contribution in [0.15, 0.2) is 48.5 Å². The van der Waals surface area contributed by atoms with Crippen LogP contribution in [0.5, 0.6) is 17.2 Å². The van der Waals surface area contributed by atoms with E-state index >= 15 is 0 Å². The van der Waals surface area contributed by atoms with Crippen molar-refractivity contribution in [1.29, 1.82) is 0 Å². The smallest absolute Gasteiger partial charge is 0.394 e. The van der Waals surface area contributed by atoms with Gasteiger partial charge in [-0.05, 0) is 48.5 Å². The number of rotatable bonds is 6. The second-order valence-corrected chi connectivity index (χ2v) is 6.38. The molecule has 0 radical (unpaired) electrons. The van der Waals surface area contributed by atoms with Gasteiger partial charge in [0.05, 0.1) is 7.11 Å². The molecule has 0 atom stereocenters. The second kappa shape index (κ2) is 7.81. The van der Waals surface area contributed by atoms with Gasteiger partial charge in [-0.3, -0.25) is 0 Å². The van der Waals surface area contributed by atoms with E-state index in [9.17, 15) is 8.78 Å².